The molecule has 0 aromatic heterocycles. The molecule has 1 saturated heterocycles. The largest absolute Gasteiger partial charge is 0.458 e. The SMILES string of the molecule is CC(=O)OC1CC(C)N(C(=O)c2ccc(C=O)cc2)CC1OC(C)=O. The molecule has 0 saturated carbocycles. The van der Waals surface area contributed by atoms with Crippen LogP contribution in [-0.2, 0) is 19.1 Å². The number of carbonyl (C=O) groups is 4. The Balaban J connectivity index is 2.19. The molecule has 1 aromatic carbocycles. The molecule has 7 heteroatoms. The molecule has 0 N–H and O–H groups in total. The minimum Gasteiger partial charge on any atom is -0.458 e. The van der Waals surface area contributed by atoms with Crippen molar-refractivity contribution < 1.29 is 28.7 Å². The topological polar surface area (TPSA) is 90.0 Å². The van der Waals surface area contributed by atoms with Crippen LogP contribution >= 0.6 is 0 Å². The predicted molar refractivity (Wildman–Crippen MR) is 88.1 cm³/mol. The zero-order chi connectivity index (χ0) is 18.6. The van der Waals surface area contributed by atoms with Crippen LogP contribution in [0.5, 0.6) is 0 Å². The Morgan fingerprint density at radius 1 is 1.04 bits per heavy atom. The number of amides is 1. The van der Waals surface area contributed by atoms with Gasteiger partial charge in [-0.2, -0.15) is 0 Å². The molecule has 2 rings (SSSR count). The molecule has 3 atom stereocenters. The second-order valence-electron chi connectivity index (χ2n) is 6.08. The molecule has 134 valence electrons. The van der Waals surface area contributed by atoms with E-state index in [4.69, 9.17) is 9.47 Å². The molecule has 0 radical (unpaired) electrons. The van der Waals surface area contributed by atoms with E-state index >= 15 is 0 Å². The summed E-state index contributed by atoms with van der Waals surface area (Å²) in [7, 11) is 0. The molecule has 1 heterocycles. The molecule has 25 heavy (non-hydrogen) atoms. The summed E-state index contributed by atoms with van der Waals surface area (Å²) in [4.78, 5) is 47.7. The van der Waals surface area contributed by atoms with Gasteiger partial charge in [-0.25, -0.2) is 0 Å². The third kappa shape index (κ3) is 4.65. The van der Waals surface area contributed by atoms with E-state index in [0.29, 0.717) is 23.8 Å². The lowest BCUT2D eigenvalue weighted by Gasteiger charge is -2.41. The van der Waals surface area contributed by atoms with E-state index in [-0.39, 0.29) is 18.5 Å². The van der Waals surface area contributed by atoms with Gasteiger partial charge in [-0.15, -0.1) is 0 Å². The quantitative estimate of drug-likeness (QED) is 0.607. The first-order chi connectivity index (χ1) is 11.8. The van der Waals surface area contributed by atoms with E-state index in [1.165, 1.54) is 13.8 Å². The summed E-state index contributed by atoms with van der Waals surface area (Å²) in [5, 5.41) is 0. The van der Waals surface area contributed by atoms with Gasteiger partial charge in [-0.05, 0) is 19.1 Å². The van der Waals surface area contributed by atoms with Crippen molar-refractivity contribution in [1.82, 2.24) is 4.90 Å². The summed E-state index contributed by atoms with van der Waals surface area (Å²) in [5.74, 6) is -1.19. The summed E-state index contributed by atoms with van der Waals surface area (Å²) < 4.78 is 10.5. The average molecular weight is 347 g/mol. The highest BCUT2D eigenvalue weighted by molar-refractivity contribution is 5.95. The lowest BCUT2D eigenvalue weighted by atomic mass is 9.96. The van der Waals surface area contributed by atoms with Crippen molar-refractivity contribution in [3.8, 4) is 0 Å². The zero-order valence-corrected chi connectivity index (χ0v) is 14.4. The molecule has 1 fully saturated rings. The summed E-state index contributed by atoms with van der Waals surface area (Å²) in [5.41, 5.74) is 0.918. The predicted octanol–water partition coefficient (Wildman–Crippen LogP) is 1.60. The van der Waals surface area contributed by atoms with Gasteiger partial charge in [-0.3, -0.25) is 19.2 Å². The summed E-state index contributed by atoms with van der Waals surface area (Å²) in [6.07, 6.45) is -0.220. The van der Waals surface area contributed by atoms with E-state index in [2.05, 4.69) is 0 Å². The highest BCUT2D eigenvalue weighted by atomic mass is 16.6. The molecule has 1 aromatic rings. The van der Waals surface area contributed by atoms with Crippen LogP contribution in [0.25, 0.3) is 0 Å². The minimum atomic E-state index is -0.712. The first kappa shape index (κ1) is 18.6. The van der Waals surface area contributed by atoms with Crippen LogP contribution in [0.4, 0.5) is 0 Å². The summed E-state index contributed by atoms with van der Waals surface area (Å²) >= 11 is 0. The maximum absolute atomic E-state index is 12.8. The van der Waals surface area contributed by atoms with Crippen LogP contribution in [-0.4, -0.2) is 53.8 Å². The van der Waals surface area contributed by atoms with Gasteiger partial charge in [0.05, 0.1) is 6.54 Å². The number of ether oxygens (including phenoxy) is 2. The van der Waals surface area contributed by atoms with Gasteiger partial charge in [0.2, 0.25) is 0 Å². The normalized spacial score (nSPS) is 22.8. The van der Waals surface area contributed by atoms with Crippen molar-refractivity contribution in [1.29, 1.82) is 0 Å². The monoisotopic (exact) mass is 347 g/mol. The maximum atomic E-state index is 12.8. The number of likely N-dealkylation sites (tertiary alicyclic amines) is 1. The Bertz CT molecular complexity index is 669. The number of piperidine rings is 1. The second kappa shape index (κ2) is 7.92. The van der Waals surface area contributed by atoms with Crippen LogP contribution < -0.4 is 0 Å². The number of benzene rings is 1. The molecular formula is C18H21NO6. The van der Waals surface area contributed by atoms with Crippen molar-refractivity contribution in [2.24, 2.45) is 0 Å². The van der Waals surface area contributed by atoms with Gasteiger partial charge in [0.1, 0.15) is 12.4 Å². The number of hydrogen-bond donors (Lipinski definition) is 0. The van der Waals surface area contributed by atoms with Gasteiger partial charge in [-0.1, -0.05) is 12.1 Å². The Hall–Kier alpha value is -2.70. The summed E-state index contributed by atoms with van der Waals surface area (Å²) in [6, 6.07) is 6.10. The van der Waals surface area contributed by atoms with Gasteiger partial charge < -0.3 is 14.4 Å². The fraction of sp³-hybridized carbons (Fsp3) is 0.444. The number of esters is 2. The number of rotatable bonds is 4. The van der Waals surface area contributed by atoms with Crippen LogP contribution in [0, 0.1) is 0 Å². The van der Waals surface area contributed by atoms with Crippen LogP contribution in [0.2, 0.25) is 0 Å². The molecular weight excluding hydrogens is 326 g/mol. The number of hydrogen-bond acceptors (Lipinski definition) is 6. The second-order valence-corrected chi connectivity index (χ2v) is 6.08. The molecule has 1 amide bonds. The van der Waals surface area contributed by atoms with Crippen molar-refractivity contribution in [2.45, 2.75) is 45.4 Å². The van der Waals surface area contributed by atoms with Crippen molar-refractivity contribution >= 4 is 24.1 Å². The number of aldehydes is 1. The van der Waals surface area contributed by atoms with Gasteiger partial charge in [0.15, 0.2) is 6.10 Å². The third-order valence-corrected chi connectivity index (χ3v) is 4.09. The fourth-order valence-corrected chi connectivity index (χ4v) is 2.92. The smallest absolute Gasteiger partial charge is 0.303 e. The maximum Gasteiger partial charge on any atom is 0.303 e. The van der Waals surface area contributed by atoms with Gasteiger partial charge in [0.25, 0.3) is 5.91 Å². The van der Waals surface area contributed by atoms with E-state index < -0.39 is 24.1 Å². The number of carbonyl (C=O) groups excluding carboxylic acids is 4. The average Bonchev–Trinajstić information content (AvgIpc) is 2.56. The van der Waals surface area contributed by atoms with E-state index in [9.17, 15) is 19.2 Å². The van der Waals surface area contributed by atoms with Crippen LogP contribution in [0.15, 0.2) is 24.3 Å². The molecule has 7 nitrogen and oxygen atoms in total. The Morgan fingerprint density at radius 2 is 1.60 bits per heavy atom. The molecule has 1 aliphatic heterocycles. The van der Waals surface area contributed by atoms with Crippen molar-refractivity contribution in [2.75, 3.05) is 6.54 Å². The molecule has 3 unspecified atom stereocenters. The first-order valence-electron chi connectivity index (χ1n) is 8.02. The van der Waals surface area contributed by atoms with E-state index in [0.717, 1.165) is 0 Å². The standard InChI is InChI=1S/C18H21NO6/c1-11-8-16(24-12(2)21)17(25-13(3)22)9-19(11)18(23)15-6-4-14(10-20)5-7-15/h4-7,10-11,16-17H,8-9H2,1-3H3. The van der Waals surface area contributed by atoms with Gasteiger partial charge >= 0.3 is 11.9 Å². The lowest BCUT2D eigenvalue weighted by molar-refractivity contribution is -0.172. The Labute approximate surface area is 145 Å². The van der Waals surface area contributed by atoms with Crippen LogP contribution in [0.3, 0.4) is 0 Å². The Kier molecular flexibility index (Phi) is 5.90. The third-order valence-electron chi connectivity index (χ3n) is 4.09. The van der Waals surface area contributed by atoms with E-state index in [1.54, 1.807) is 29.2 Å². The molecule has 0 bridgehead atoms. The minimum absolute atomic E-state index is 0.132. The molecule has 1 aliphatic rings. The zero-order valence-electron chi connectivity index (χ0n) is 14.4. The fourth-order valence-electron chi connectivity index (χ4n) is 2.92. The lowest BCUT2D eigenvalue weighted by Crippen LogP contribution is -2.55. The molecule has 0 spiro atoms. The molecule has 0 aliphatic carbocycles. The van der Waals surface area contributed by atoms with Crippen molar-refractivity contribution in [3.05, 3.63) is 35.4 Å². The first-order valence-corrected chi connectivity index (χ1v) is 8.02. The summed E-state index contributed by atoms with van der Waals surface area (Å²) in [6.45, 7) is 4.54. The highest BCUT2D eigenvalue weighted by Gasteiger charge is 2.39. The van der Waals surface area contributed by atoms with Crippen LogP contribution in [0.1, 0.15) is 47.9 Å². The highest BCUT2D eigenvalue weighted by Crippen LogP contribution is 2.25. The number of nitrogens with zero attached hydrogens (tertiary/aromatic N) is 1. The van der Waals surface area contributed by atoms with Crippen molar-refractivity contribution in [3.63, 3.8) is 0 Å². The van der Waals surface area contributed by atoms with Gasteiger partial charge in [0, 0.05) is 37.4 Å². The Morgan fingerprint density at radius 3 is 2.12 bits per heavy atom. The van der Waals surface area contributed by atoms with E-state index in [1.807, 2.05) is 6.92 Å².